The Morgan fingerprint density at radius 3 is 2.70 bits per heavy atom. The van der Waals surface area contributed by atoms with E-state index in [1.54, 1.807) is 11.3 Å². The van der Waals surface area contributed by atoms with E-state index in [1.807, 2.05) is 0 Å². The standard InChI is InChI=1S/C15H23N3OS/c1-2-7-17-14(19)13-12(16)11(10-5-6-10)15(20-13)18-8-3-4-9-18/h10H,2-9,16H2,1H3,(H,17,19). The highest BCUT2D eigenvalue weighted by atomic mass is 32.1. The van der Waals surface area contributed by atoms with E-state index in [9.17, 15) is 4.79 Å². The number of carbonyl (C=O) groups is 1. The summed E-state index contributed by atoms with van der Waals surface area (Å²) in [7, 11) is 0. The molecule has 0 bridgehead atoms. The predicted molar refractivity (Wildman–Crippen MR) is 84.8 cm³/mol. The van der Waals surface area contributed by atoms with Gasteiger partial charge in [0.1, 0.15) is 4.88 Å². The molecular formula is C15H23N3OS. The third kappa shape index (κ3) is 2.51. The minimum Gasteiger partial charge on any atom is -0.397 e. The lowest BCUT2D eigenvalue weighted by Crippen LogP contribution is -2.23. The van der Waals surface area contributed by atoms with E-state index >= 15 is 0 Å². The third-order valence-electron chi connectivity index (χ3n) is 4.08. The zero-order valence-corrected chi connectivity index (χ0v) is 12.9. The Morgan fingerprint density at radius 2 is 2.10 bits per heavy atom. The van der Waals surface area contributed by atoms with Crippen LogP contribution in [0.15, 0.2) is 0 Å². The van der Waals surface area contributed by atoms with Crippen molar-refractivity contribution < 1.29 is 4.79 Å². The molecule has 110 valence electrons. The van der Waals surface area contributed by atoms with Crippen molar-refractivity contribution in [2.45, 2.75) is 44.9 Å². The van der Waals surface area contributed by atoms with Crippen LogP contribution in [-0.4, -0.2) is 25.5 Å². The third-order valence-corrected chi connectivity index (χ3v) is 5.37. The number of nitrogens with zero attached hydrogens (tertiary/aromatic N) is 1. The Kier molecular flexibility index (Phi) is 3.87. The monoisotopic (exact) mass is 293 g/mol. The molecule has 1 aromatic heterocycles. The summed E-state index contributed by atoms with van der Waals surface area (Å²) in [5.74, 6) is 0.594. The number of thiophene rings is 1. The molecule has 0 spiro atoms. The van der Waals surface area contributed by atoms with Crippen LogP contribution in [-0.2, 0) is 0 Å². The van der Waals surface area contributed by atoms with Crippen LogP contribution in [0.1, 0.15) is 60.2 Å². The fourth-order valence-electron chi connectivity index (χ4n) is 2.85. The van der Waals surface area contributed by atoms with Crippen LogP contribution in [0.3, 0.4) is 0 Å². The van der Waals surface area contributed by atoms with Gasteiger partial charge in [-0.3, -0.25) is 4.79 Å². The summed E-state index contributed by atoms with van der Waals surface area (Å²) in [6, 6.07) is 0. The normalized spacial score (nSPS) is 18.6. The van der Waals surface area contributed by atoms with E-state index in [0.29, 0.717) is 12.5 Å². The first-order valence-electron chi connectivity index (χ1n) is 7.67. The zero-order chi connectivity index (χ0) is 14.1. The average Bonchev–Trinajstić information content (AvgIpc) is 3.01. The molecule has 1 saturated heterocycles. The Hall–Kier alpha value is -1.23. The van der Waals surface area contributed by atoms with E-state index < -0.39 is 0 Å². The molecule has 1 amide bonds. The van der Waals surface area contributed by atoms with Gasteiger partial charge in [0.15, 0.2) is 0 Å². The number of anilines is 2. The SMILES string of the molecule is CCCNC(=O)c1sc(N2CCCC2)c(C2CC2)c1N. The summed E-state index contributed by atoms with van der Waals surface area (Å²) in [5.41, 5.74) is 8.31. The van der Waals surface area contributed by atoms with Crippen LogP contribution in [0, 0.1) is 0 Å². The molecule has 1 aliphatic heterocycles. The van der Waals surface area contributed by atoms with Gasteiger partial charge in [0.2, 0.25) is 0 Å². The molecule has 3 N–H and O–H groups in total. The summed E-state index contributed by atoms with van der Waals surface area (Å²) >= 11 is 1.60. The Balaban J connectivity index is 1.90. The van der Waals surface area contributed by atoms with Gasteiger partial charge in [-0.1, -0.05) is 6.92 Å². The molecule has 0 atom stereocenters. The zero-order valence-electron chi connectivity index (χ0n) is 12.1. The second kappa shape index (κ2) is 5.64. The van der Waals surface area contributed by atoms with Crippen molar-refractivity contribution in [3.05, 3.63) is 10.4 Å². The van der Waals surface area contributed by atoms with Crippen molar-refractivity contribution in [1.29, 1.82) is 0 Å². The lowest BCUT2D eigenvalue weighted by Gasteiger charge is -2.17. The van der Waals surface area contributed by atoms with Crippen LogP contribution < -0.4 is 16.0 Å². The van der Waals surface area contributed by atoms with Gasteiger partial charge in [-0.15, -0.1) is 11.3 Å². The lowest BCUT2D eigenvalue weighted by molar-refractivity contribution is 0.0958. The molecule has 0 radical (unpaired) electrons. The second-order valence-electron chi connectivity index (χ2n) is 5.79. The van der Waals surface area contributed by atoms with E-state index in [-0.39, 0.29) is 5.91 Å². The Labute approximate surface area is 124 Å². The Morgan fingerprint density at radius 1 is 1.40 bits per heavy atom. The van der Waals surface area contributed by atoms with E-state index in [2.05, 4.69) is 17.1 Å². The maximum absolute atomic E-state index is 12.2. The van der Waals surface area contributed by atoms with Crippen molar-refractivity contribution in [3.63, 3.8) is 0 Å². The maximum Gasteiger partial charge on any atom is 0.263 e. The first-order chi connectivity index (χ1) is 9.72. The summed E-state index contributed by atoms with van der Waals surface area (Å²) in [4.78, 5) is 15.4. The topological polar surface area (TPSA) is 58.4 Å². The van der Waals surface area contributed by atoms with Gasteiger partial charge in [0.25, 0.3) is 5.91 Å². The van der Waals surface area contributed by atoms with Gasteiger partial charge in [0.05, 0.1) is 10.7 Å². The molecular weight excluding hydrogens is 270 g/mol. The number of hydrogen-bond acceptors (Lipinski definition) is 4. The summed E-state index contributed by atoms with van der Waals surface area (Å²) in [5, 5.41) is 4.22. The smallest absolute Gasteiger partial charge is 0.263 e. The highest BCUT2D eigenvalue weighted by Gasteiger charge is 2.35. The van der Waals surface area contributed by atoms with Gasteiger partial charge in [-0.05, 0) is 38.0 Å². The number of nitrogens with two attached hydrogens (primary N) is 1. The number of carbonyl (C=O) groups excluding carboxylic acids is 1. The minimum absolute atomic E-state index is 0.00157. The lowest BCUT2D eigenvalue weighted by atomic mass is 10.1. The highest BCUT2D eigenvalue weighted by Crippen LogP contribution is 2.52. The molecule has 5 heteroatoms. The van der Waals surface area contributed by atoms with Crippen LogP contribution in [0.25, 0.3) is 0 Å². The van der Waals surface area contributed by atoms with Crippen molar-refractivity contribution in [1.82, 2.24) is 5.32 Å². The summed E-state index contributed by atoms with van der Waals surface area (Å²) in [6.45, 7) is 4.99. The second-order valence-corrected chi connectivity index (χ2v) is 6.79. The molecule has 2 heterocycles. The minimum atomic E-state index is 0.00157. The van der Waals surface area contributed by atoms with Crippen molar-refractivity contribution >= 4 is 27.9 Å². The van der Waals surface area contributed by atoms with Crippen LogP contribution in [0.2, 0.25) is 0 Å². The molecule has 4 nitrogen and oxygen atoms in total. The number of nitrogen functional groups attached to an aromatic ring is 1. The van der Waals surface area contributed by atoms with Gasteiger partial charge in [-0.25, -0.2) is 0 Å². The van der Waals surface area contributed by atoms with Gasteiger partial charge >= 0.3 is 0 Å². The molecule has 1 aromatic rings. The molecule has 1 aliphatic carbocycles. The quantitative estimate of drug-likeness (QED) is 0.877. The first-order valence-corrected chi connectivity index (χ1v) is 8.49. The molecule has 2 aliphatic rings. The molecule has 0 unspecified atom stereocenters. The number of amides is 1. The van der Waals surface area contributed by atoms with E-state index in [4.69, 9.17) is 5.73 Å². The summed E-state index contributed by atoms with van der Waals surface area (Å²) < 4.78 is 0. The number of nitrogens with one attached hydrogen (secondary N) is 1. The van der Waals surface area contributed by atoms with Crippen LogP contribution in [0.5, 0.6) is 0 Å². The largest absolute Gasteiger partial charge is 0.397 e. The fourth-order valence-corrected chi connectivity index (χ4v) is 4.13. The highest BCUT2D eigenvalue weighted by molar-refractivity contribution is 7.18. The van der Waals surface area contributed by atoms with E-state index in [1.165, 1.54) is 36.2 Å². The van der Waals surface area contributed by atoms with Crippen LogP contribution in [0.4, 0.5) is 10.7 Å². The molecule has 3 rings (SSSR count). The van der Waals surface area contributed by atoms with Gasteiger partial charge in [0, 0.05) is 25.2 Å². The molecule has 0 aromatic carbocycles. The molecule has 20 heavy (non-hydrogen) atoms. The summed E-state index contributed by atoms with van der Waals surface area (Å²) in [6.07, 6.45) is 5.89. The number of rotatable bonds is 5. The van der Waals surface area contributed by atoms with Crippen LogP contribution >= 0.6 is 11.3 Å². The molecule has 2 fully saturated rings. The fraction of sp³-hybridized carbons (Fsp3) is 0.667. The van der Waals surface area contributed by atoms with Crippen molar-refractivity contribution in [3.8, 4) is 0 Å². The van der Waals surface area contributed by atoms with Gasteiger partial charge in [-0.2, -0.15) is 0 Å². The van der Waals surface area contributed by atoms with Crippen molar-refractivity contribution in [2.75, 3.05) is 30.3 Å². The first kappa shape index (κ1) is 13.7. The van der Waals surface area contributed by atoms with Crippen molar-refractivity contribution in [2.24, 2.45) is 0 Å². The average molecular weight is 293 g/mol. The molecule has 1 saturated carbocycles. The van der Waals surface area contributed by atoms with Gasteiger partial charge < -0.3 is 16.0 Å². The Bertz CT molecular complexity index is 501. The number of hydrogen-bond donors (Lipinski definition) is 2. The van der Waals surface area contributed by atoms with E-state index in [0.717, 1.165) is 30.1 Å². The maximum atomic E-state index is 12.2. The predicted octanol–water partition coefficient (Wildman–Crippen LogP) is 2.95.